The number of aromatic carboxylic acids is 1. The number of carbonyl (C=O) groups is 1. The maximum atomic E-state index is 11.5. The molecule has 0 aromatic heterocycles. The molecular weight excluding hydrogens is 296 g/mol. The molecule has 0 spiro atoms. The van der Waals surface area contributed by atoms with Crippen molar-refractivity contribution < 1.29 is 19.4 Å². The van der Waals surface area contributed by atoms with Gasteiger partial charge in [0.1, 0.15) is 0 Å². The summed E-state index contributed by atoms with van der Waals surface area (Å²) in [5.41, 5.74) is 6.50. The number of ether oxygens (including phenoxy) is 2. The molecule has 1 aromatic rings. The molecule has 118 valence electrons. The summed E-state index contributed by atoms with van der Waals surface area (Å²) in [7, 11) is 3.18. The van der Waals surface area contributed by atoms with Crippen LogP contribution in [-0.4, -0.2) is 51.1 Å². The monoisotopic (exact) mass is 316 g/mol. The molecule has 0 heterocycles. The second-order valence-electron chi connectivity index (χ2n) is 4.69. The third-order valence-corrected chi connectivity index (χ3v) is 3.37. The number of anilines is 2. The lowest BCUT2D eigenvalue weighted by molar-refractivity contribution is 0.0697. The largest absolute Gasteiger partial charge is 0.478 e. The molecule has 0 bridgehead atoms. The van der Waals surface area contributed by atoms with E-state index in [-0.39, 0.29) is 11.6 Å². The molecule has 1 aromatic carbocycles. The van der Waals surface area contributed by atoms with Gasteiger partial charge in [0, 0.05) is 32.5 Å². The molecule has 0 amide bonds. The molecule has 7 heteroatoms. The van der Waals surface area contributed by atoms with Gasteiger partial charge in [-0.05, 0) is 19.1 Å². The van der Waals surface area contributed by atoms with E-state index in [2.05, 4.69) is 0 Å². The van der Waals surface area contributed by atoms with Crippen molar-refractivity contribution >= 4 is 28.9 Å². The van der Waals surface area contributed by atoms with Gasteiger partial charge in [0.2, 0.25) is 0 Å². The van der Waals surface area contributed by atoms with Gasteiger partial charge >= 0.3 is 5.97 Å². The van der Waals surface area contributed by atoms with Crippen LogP contribution in [0.2, 0.25) is 5.02 Å². The number of nitrogen functional groups attached to an aromatic ring is 1. The minimum Gasteiger partial charge on any atom is -0.478 e. The van der Waals surface area contributed by atoms with Crippen molar-refractivity contribution in [3.05, 3.63) is 22.7 Å². The standard InChI is InChI=1S/C14H21ClN2O4/c1-9(8-21-3)17(4-5-20-2)13-11(14(18)19)6-10(16)7-12(13)15/h6-7,9H,4-5,8,16H2,1-3H3,(H,18,19). The molecule has 1 unspecified atom stereocenters. The van der Waals surface area contributed by atoms with Gasteiger partial charge in [0.25, 0.3) is 0 Å². The molecule has 1 rings (SSSR count). The Balaban J connectivity index is 3.31. The fourth-order valence-electron chi connectivity index (χ4n) is 2.15. The Morgan fingerprint density at radius 3 is 2.62 bits per heavy atom. The Labute approximate surface area is 129 Å². The van der Waals surface area contributed by atoms with E-state index in [0.29, 0.717) is 36.2 Å². The van der Waals surface area contributed by atoms with Crippen LogP contribution in [0.15, 0.2) is 12.1 Å². The topological polar surface area (TPSA) is 85.0 Å². The van der Waals surface area contributed by atoms with Gasteiger partial charge in [0.15, 0.2) is 0 Å². The lowest BCUT2D eigenvalue weighted by atomic mass is 10.1. The lowest BCUT2D eigenvalue weighted by Crippen LogP contribution is -2.39. The highest BCUT2D eigenvalue weighted by Crippen LogP contribution is 2.33. The van der Waals surface area contributed by atoms with Crippen molar-refractivity contribution in [2.45, 2.75) is 13.0 Å². The average molecular weight is 317 g/mol. The Kier molecular flexibility index (Phi) is 6.74. The predicted octanol–water partition coefficient (Wildman–Crippen LogP) is 2.11. The predicted molar refractivity (Wildman–Crippen MR) is 83.4 cm³/mol. The molecule has 1 atom stereocenters. The number of carboxylic acid groups (broad SMARTS) is 1. The van der Waals surface area contributed by atoms with Gasteiger partial charge in [0.05, 0.1) is 29.5 Å². The number of rotatable bonds is 8. The van der Waals surface area contributed by atoms with Crippen molar-refractivity contribution in [2.24, 2.45) is 0 Å². The second-order valence-corrected chi connectivity index (χ2v) is 5.10. The maximum Gasteiger partial charge on any atom is 0.337 e. The molecule has 0 saturated carbocycles. The van der Waals surface area contributed by atoms with Crippen LogP contribution in [0.4, 0.5) is 11.4 Å². The third kappa shape index (κ3) is 4.49. The highest BCUT2D eigenvalue weighted by atomic mass is 35.5. The van der Waals surface area contributed by atoms with Crippen LogP contribution < -0.4 is 10.6 Å². The quantitative estimate of drug-likeness (QED) is 0.714. The van der Waals surface area contributed by atoms with Crippen LogP contribution in [0.25, 0.3) is 0 Å². The highest BCUT2D eigenvalue weighted by molar-refractivity contribution is 6.34. The molecule has 6 nitrogen and oxygen atoms in total. The Morgan fingerprint density at radius 1 is 1.43 bits per heavy atom. The first-order valence-electron chi connectivity index (χ1n) is 6.49. The van der Waals surface area contributed by atoms with E-state index in [9.17, 15) is 9.90 Å². The van der Waals surface area contributed by atoms with E-state index < -0.39 is 5.97 Å². The average Bonchev–Trinajstić information content (AvgIpc) is 2.40. The molecule has 21 heavy (non-hydrogen) atoms. The SMILES string of the molecule is COCCN(c1c(Cl)cc(N)cc1C(=O)O)C(C)COC. The summed E-state index contributed by atoms with van der Waals surface area (Å²) < 4.78 is 10.2. The van der Waals surface area contributed by atoms with E-state index in [1.807, 2.05) is 11.8 Å². The van der Waals surface area contributed by atoms with Gasteiger partial charge < -0.3 is 25.2 Å². The summed E-state index contributed by atoms with van der Waals surface area (Å²) in [6.45, 7) is 3.29. The number of carboxylic acids is 1. The summed E-state index contributed by atoms with van der Waals surface area (Å²) in [5, 5.41) is 9.69. The number of halogens is 1. The summed E-state index contributed by atoms with van der Waals surface area (Å²) in [6.07, 6.45) is 0. The fraction of sp³-hybridized carbons (Fsp3) is 0.500. The van der Waals surface area contributed by atoms with Gasteiger partial charge in [-0.15, -0.1) is 0 Å². The molecule has 3 N–H and O–H groups in total. The first-order chi connectivity index (χ1) is 9.92. The molecule has 0 saturated heterocycles. The Bertz CT molecular complexity index is 496. The number of benzene rings is 1. The number of nitrogens with zero attached hydrogens (tertiary/aromatic N) is 1. The number of nitrogens with two attached hydrogens (primary N) is 1. The van der Waals surface area contributed by atoms with Crippen LogP contribution in [0, 0.1) is 0 Å². The minimum atomic E-state index is -1.08. The summed E-state index contributed by atoms with van der Waals surface area (Å²) in [5.74, 6) is -1.08. The van der Waals surface area contributed by atoms with Gasteiger partial charge in [-0.25, -0.2) is 4.79 Å². The molecule has 0 fully saturated rings. The van der Waals surface area contributed by atoms with Crippen LogP contribution >= 0.6 is 11.6 Å². The summed E-state index contributed by atoms with van der Waals surface area (Å²) in [4.78, 5) is 13.3. The first-order valence-corrected chi connectivity index (χ1v) is 6.87. The van der Waals surface area contributed by atoms with Crippen LogP contribution in [0.3, 0.4) is 0 Å². The van der Waals surface area contributed by atoms with E-state index >= 15 is 0 Å². The van der Waals surface area contributed by atoms with Crippen LogP contribution in [-0.2, 0) is 9.47 Å². The molecule has 0 aliphatic heterocycles. The van der Waals surface area contributed by atoms with Crippen molar-refractivity contribution in [3.63, 3.8) is 0 Å². The number of methoxy groups -OCH3 is 2. The Morgan fingerprint density at radius 2 is 2.10 bits per heavy atom. The summed E-state index contributed by atoms with van der Waals surface area (Å²) >= 11 is 6.23. The number of hydrogen-bond acceptors (Lipinski definition) is 5. The van der Waals surface area contributed by atoms with Crippen molar-refractivity contribution in [2.75, 3.05) is 44.6 Å². The summed E-state index contributed by atoms with van der Waals surface area (Å²) in [6, 6.07) is 2.88. The van der Waals surface area contributed by atoms with Crippen molar-refractivity contribution in [3.8, 4) is 0 Å². The molecule has 0 aliphatic rings. The first kappa shape index (κ1) is 17.6. The molecular formula is C14H21ClN2O4. The lowest BCUT2D eigenvalue weighted by Gasteiger charge is -2.32. The maximum absolute atomic E-state index is 11.5. The number of hydrogen-bond donors (Lipinski definition) is 2. The normalized spacial score (nSPS) is 12.2. The highest BCUT2D eigenvalue weighted by Gasteiger charge is 2.24. The van der Waals surface area contributed by atoms with Gasteiger partial charge in [-0.1, -0.05) is 11.6 Å². The van der Waals surface area contributed by atoms with Crippen molar-refractivity contribution in [1.82, 2.24) is 0 Å². The Hall–Kier alpha value is -1.50. The zero-order valence-corrected chi connectivity index (χ0v) is 13.2. The van der Waals surface area contributed by atoms with E-state index in [0.717, 1.165) is 0 Å². The van der Waals surface area contributed by atoms with E-state index in [1.165, 1.54) is 6.07 Å². The van der Waals surface area contributed by atoms with E-state index in [4.69, 9.17) is 26.8 Å². The third-order valence-electron chi connectivity index (χ3n) is 3.08. The van der Waals surface area contributed by atoms with Crippen LogP contribution in [0.1, 0.15) is 17.3 Å². The minimum absolute atomic E-state index is 0.0654. The zero-order chi connectivity index (χ0) is 16.0. The molecule has 0 radical (unpaired) electrons. The second kappa shape index (κ2) is 8.07. The van der Waals surface area contributed by atoms with E-state index in [1.54, 1.807) is 20.3 Å². The smallest absolute Gasteiger partial charge is 0.337 e. The fourth-order valence-corrected chi connectivity index (χ4v) is 2.48. The van der Waals surface area contributed by atoms with Gasteiger partial charge in [-0.2, -0.15) is 0 Å². The van der Waals surface area contributed by atoms with Crippen LogP contribution in [0.5, 0.6) is 0 Å². The van der Waals surface area contributed by atoms with Crippen molar-refractivity contribution in [1.29, 1.82) is 0 Å². The molecule has 0 aliphatic carbocycles. The zero-order valence-electron chi connectivity index (χ0n) is 12.4. The van der Waals surface area contributed by atoms with Gasteiger partial charge in [-0.3, -0.25) is 0 Å².